The molecule has 0 aromatic heterocycles. The third kappa shape index (κ3) is 4.63. The predicted octanol–water partition coefficient (Wildman–Crippen LogP) is 4.72. The number of ether oxygens (including phenoxy) is 1. The summed E-state index contributed by atoms with van der Waals surface area (Å²) < 4.78 is 5.67. The lowest BCUT2D eigenvalue weighted by Crippen LogP contribution is -2.49. The zero-order chi connectivity index (χ0) is 36.7. The molecule has 4 aliphatic rings. The number of phenolic OH excluding ortho intramolecular Hbond substituents is 1. The molecule has 51 heavy (non-hydrogen) atoms. The van der Waals surface area contributed by atoms with Crippen LogP contribution in [0.3, 0.4) is 0 Å². The van der Waals surface area contributed by atoms with E-state index in [1.807, 2.05) is 0 Å². The molecule has 2 aliphatic heterocycles. The van der Waals surface area contributed by atoms with E-state index in [2.05, 4.69) is 0 Å². The number of hydrogen-bond donors (Lipinski definition) is 1. The largest absolute Gasteiger partial charge is 0.508 e. The molecule has 1 N–H and O–H groups in total. The number of imide groups is 2. The lowest BCUT2D eigenvalue weighted by Gasteiger charge is -2.49. The van der Waals surface area contributed by atoms with Gasteiger partial charge in [0.1, 0.15) is 11.5 Å². The second-order valence-corrected chi connectivity index (χ2v) is 13.6. The Balaban J connectivity index is 1.39. The van der Waals surface area contributed by atoms with Crippen molar-refractivity contribution in [2.45, 2.75) is 25.7 Å². The van der Waals surface area contributed by atoms with Crippen LogP contribution in [0.5, 0.6) is 11.5 Å². The summed E-state index contributed by atoms with van der Waals surface area (Å²) in [6, 6.07) is 15.1. The van der Waals surface area contributed by atoms with E-state index in [0.717, 1.165) is 21.9 Å². The number of benzene rings is 3. The first-order valence-electron chi connectivity index (χ1n) is 16.2. The molecule has 2 heterocycles. The highest BCUT2D eigenvalue weighted by Crippen LogP contribution is 2.65. The van der Waals surface area contributed by atoms with Crippen molar-refractivity contribution in [2.75, 3.05) is 35.9 Å². The fourth-order valence-electron chi connectivity index (χ4n) is 8.86. The number of carbonyl (C=O) groups excluding carboxylic acids is 4. The molecule has 0 radical (unpaired) electrons. The topological polar surface area (TPSA) is 194 Å². The van der Waals surface area contributed by atoms with Crippen LogP contribution >= 0.6 is 0 Å². The van der Waals surface area contributed by atoms with Crippen LogP contribution in [0.2, 0.25) is 0 Å². The first-order valence-corrected chi connectivity index (χ1v) is 16.2. The Hall–Kier alpha value is -6.12. The van der Waals surface area contributed by atoms with Crippen molar-refractivity contribution >= 4 is 52.1 Å². The Labute approximate surface area is 291 Å². The lowest BCUT2D eigenvalue weighted by molar-refractivity contribution is -0.392. The van der Waals surface area contributed by atoms with E-state index in [4.69, 9.17) is 4.74 Å². The van der Waals surface area contributed by atoms with Crippen LogP contribution in [0.15, 0.2) is 72.3 Å². The van der Waals surface area contributed by atoms with Gasteiger partial charge in [0.25, 0.3) is 0 Å². The van der Waals surface area contributed by atoms with Crippen molar-refractivity contribution in [1.29, 1.82) is 0 Å². The Morgan fingerprint density at radius 1 is 0.863 bits per heavy atom. The van der Waals surface area contributed by atoms with Crippen molar-refractivity contribution in [3.63, 3.8) is 0 Å². The van der Waals surface area contributed by atoms with Gasteiger partial charge in [-0.2, -0.15) is 0 Å². The highest BCUT2D eigenvalue weighted by Gasteiger charge is 2.68. The Kier molecular flexibility index (Phi) is 7.69. The number of carbonyl (C=O) groups is 4. The minimum Gasteiger partial charge on any atom is -0.508 e. The summed E-state index contributed by atoms with van der Waals surface area (Å²) in [6.45, 7) is 1.68. The van der Waals surface area contributed by atoms with E-state index in [1.54, 1.807) is 55.5 Å². The lowest BCUT2D eigenvalue weighted by atomic mass is 9.51. The first-order chi connectivity index (χ1) is 24.2. The molecule has 0 spiro atoms. The number of anilines is 3. The first kappa shape index (κ1) is 33.4. The molecular formula is C36H33N5O10. The maximum Gasteiger partial charge on any atom is 0.301 e. The van der Waals surface area contributed by atoms with Gasteiger partial charge < -0.3 is 14.7 Å². The van der Waals surface area contributed by atoms with Gasteiger partial charge in [-0.3, -0.25) is 39.4 Å². The molecule has 3 aromatic rings. The Morgan fingerprint density at radius 3 is 2.10 bits per heavy atom. The Morgan fingerprint density at radius 2 is 1.51 bits per heavy atom. The van der Waals surface area contributed by atoms with Gasteiger partial charge in [0.05, 0.1) is 51.5 Å². The maximum absolute atomic E-state index is 14.6. The molecular weight excluding hydrogens is 662 g/mol. The van der Waals surface area contributed by atoms with E-state index in [0.29, 0.717) is 11.3 Å². The van der Waals surface area contributed by atoms with Gasteiger partial charge in [-0.1, -0.05) is 35.9 Å². The normalized spacial score (nSPS) is 26.7. The van der Waals surface area contributed by atoms with Crippen LogP contribution in [-0.4, -0.2) is 59.8 Å². The summed E-state index contributed by atoms with van der Waals surface area (Å²) >= 11 is 0. The van der Waals surface area contributed by atoms with E-state index in [9.17, 15) is 44.5 Å². The fraction of sp³-hybridized carbons (Fsp3) is 0.333. The maximum atomic E-state index is 14.6. The molecule has 4 amide bonds. The molecule has 2 aliphatic carbocycles. The van der Waals surface area contributed by atoms with Crippen LogP contribution in [0, 0.1) is 49.3 Å². The van der Waals surface area contributed by atoms with E-state index < -0.39 is 79.9 Å². The zero-order valence-electron chi connectivity index (χ0n) is 28.0. The van der Waals surface area contributed by atoms with Crippen molar-refractivity contribution < 1.29 is 38.9 Å². The average Bonchev–Trinajstić information content (AvgIpc) is 3.47. The van der Waals surface area contributed by atoms with Crippen LogP contribution in [0.4, 0.5) is 28.4 Å². The molecule has 0 unspecified atom stereocenters. The quantitative estimate of drug-likeness (QED) is 0.156. The number of fused-ring (bicyclic) bond motifs is 4. The predicted molar refractivity (Wildman–Crippen MR) is 182 cm³/mol. The second kappa shape index (κ2) is 11.7. The second-order valence-electron chi connectivity index (χ2n) is 13.6. The van der Waals surface area contributed by atoms with Crippen molar-refractivity contribution in [3.8, 4) is 11.5 Å². The number of hydrogen-bond acceptors (Lipinski definition) is 11. The Bertz CT molecular complexity index is 2060. The smallest absolute Gasteiger partial charge is 0.301 e. The monoisotopic (exact) mass is 695 g/mol. The molecule has 2 saturated heterocycles. The van der Waals surface area contributed by atoms with Gasteiger partial charge >= 0.3 is 11.4 Å². The average molecular weight is 696 g/mol. The van der Waals surface area contributed by atoms with Crippen LogP contribution < -0.4 is 19.4 Å². The van der Waals surface area contributed by atoms with Crippen LogP contribution in [0.25, 0.3) is 0 Å². The number of nitro benzene ring substituents is 2. The number of amides is 4. The van der Waals surface area contributed by atoms with Gasteiger partial charge in [-0.05, 0) is 49.9 Å². The van der Waals surface area contributed by atoms with Crippen molar-refractivity contribution in [3.05, 3.63) is 98.1 Å². The number of methoxy groups -OCH3 is 1. The van der Waals surface area contributed by atoms with Gasteiger partial charge in [0, 0.05) is 37.7 Å². The number of rotatable bonds is 7. The number of nitro groups is 2. The molecule has 1 saturated carbocycles. The van der Waals surface area contributed by atoms with Crippen molar-refractivity contribution in [2.24, 2.45) is 29.1 Å². The molecule has 0 bridgehead atoms. The van der Waals surface area contributed by atoms with E-state index in [-0.39, 0.29) is 41.3 Å². The minimum atomic E-state index is -1.44. The number of nitrogens with zero attached hydrogens (tertiary/aromatic N) is 5. The van der Waals surface area contributed by atoms with Gasteiger partial charge in [0.2, 0.25) is 23.6 Å². The molecule has 262 valence electrons. The van der Waals surface area contributed by atoms with Gasteiger partial charge in [-0.25, -0.2) is 9.80 Å². The fourth-order valence-corrected chi connectivity index (χ4v) is 8.86. The van der Waals surface area contributed by atoms with Crippen LogP contribution in [0.1, 0.15) is 31.2 Å². The molecule has 3 fully saturated rings. The third-order valence-electron chi connectivity index (χ3n) is 11.0. The highest BCUT2D eigenvalue weighted by molar-refractivity contribution is 6.25. The van der Waals surface area contributed by atoms with Gasteiger partial charge in [0.15, 0.2) is 5.69 Å². The SMILES string of the molecule is COc1cccc(O)c1[C@H]1C2=CC[C@@H]3C(=O)N(c4cc([N+](=O)[O-])c(N(C)C)c([N+](=O)[O-])c4)C(=O)[C@@H]3[C@@H]2C[C@H]2C(=O)N(c3ccccc3)C(=O)[C@@]12C. The summed E-state index contributed by atoms with van der Waals surface area (Å²) in [5.74, 6) is -7.07. The number of allylic oxidation sites excluding steroid dienone is 2. The molecule has 6 atom stereocenters. The molecule has 3 aromatic carbocycles. The summed E-state index contributed by atoms with van der Waals surface area (Å²) in [5, 5.41) is 35.6. The minimum absolute atomic E-state index is 0.0105. The van der Waals surface area contributed by atoms with E-state index >= 15 is 0 Å². The molecule has 15 heteroatoms. The van der Waals surface area contributed by atoms with Gasteiger partial charge in [-0.15, -0.1) is 0 Å². The van der Waals surface area contributed by atoms with E-state index in [1.165, 1.54) is 32.2 Å². The third-order valence-corrected chi connectivity index (χ3v) is 11.0. The molecule has 7 rings (SSSR count). The van der Waals surface area contributed by atoms with Crippen molar-refractivity contribution in [1.82, 2.24) is 0 Å². The summed E-state index contributed by atoms with van der Waals surface area (Å²) in [4.78, 5) is 83.3. The summed E-state index contributed by atoms with van der Waals surface area (Å²) in [7, 11) is 4.23. The highest BCUT2D eigenvalue weighted by atomic mass is 16.6. The number of para-hydroxylation sites is 1. The standard InChI is InChI=1S/C36H33N5O10/c1-36-23(33(44)39(35(36)46)18-9-6-5-7-10-18)17-22-20(30(36)29-26(42)11-8-12-27(29)51-4)13-14-21-28(22)34(45)38(32(21)43)19-15-24(40(47)48)31(37(2)3)25(16-19)41(49)50/h5-13,15-16,21-23,28,30,42H,14,17H2,1-4H3/t21-,22+,23-,28-,30+,36+/m0/s1. The summed E-state index contributed by atoms with van der Waals surface area (Å²) in [6.07, 6.45) is 1.83. The number of phenols is 1. The summed E-state index contributed by atoms with van der Waals surface area (Å²) in [5.41, 5.74) is -2.17. The van der Waals surface area contributed by atoms with Crippen LogP contribution in [-0.2, 0) is 19.2 Å². The number of aromatic hydroxyl groups is 1. The zero-order valence-corrected chi connectivity index (χ0v) is 28.0. The molecule has 15 nitrogen and oxygen atoms in total.